The van der Waals surface area contributed by atoms with Gasteiger partial charge in [0, 0.05) is 44.3 Å². The van der Waals surface area contributed by atoms with Crippen LogP contribution in [0.25, 0.3) is 0 Å². The van der Waals surface area contributed by atoms with E-state index in [2.05, 4.69) is 0 Å². The van der Waals surface area contributed by atoms with Crippen LogP contribution in [0.5, 0.6) is 5.75 Å². The number of rotatable bonds is 8. The zero-order valence-corrected chi connectivity index (χ0v) is 20.7. The van der Waals surface area contributed by atoms with Gasteiger partial charge in [0.05, 0.1) is 29.7 Å². The topological polar surface area (TPSA) is 99.9 Å². The van der Waals surface area contributed by atoms with Gasteiger partial charge in [-0.1, -0.05) is 18.2 Å². The third-order valence-corrected chi connectivity index (χ3v) is 8.65. The maximum Gasteiger partial charge on any atom is 0.243 e. The summed E-state index contributed by atoms with van der Waals surface area (Å²) < 4.78 is 38.8. The van der Waals surface area contributed by atoms with Gasteiger partial charge in [0.25, 0.3) is 0 Å². The van der Waals surface area contributed by atoms with Gasteiger partial charge in [-0.3, -0.25) is 4.79 Å². The lowest BCUT2D eigenvalue weighted by molar-refractivity contribution is -0.139. The predicted octanol–water partition coefficient (Wildman–Crippen LogP) is 3.18. The summed E-state index contributed by atoms with van der Waals surface area (Å²) in [5.74, 6) is 0.515. The van der Waals surface area contributed by atoms with Crippen LogP contribution < -0.4 is 4.74 Å². The van der Waals surface area contributed by atoms with Gasteiger partial charge in [-0.05, 0) is 56.0 Å². The van der Waals surface area contributed by atoms with Crippen molar-refractivity contribution in [2.75, 3.05) is 33.4 Å². The molecule has 2 aromatic rings. The van der Waals surface area contributed by atoms with Gasteiger partial charge in [-0.15, -0.1) is 0 Å². The Morgan fingerprint density at radius 1 is 1.14 bits per heavy atom. The first-order chi connectivity index (χ1) is 16.9. The van der Waals surface area contributed by atoms with Crippen LogP contribution in [-0.2, 0) is 26.1 Å². The number of nitrogens with zero attached hydrogens (tertiary/aromatic N) is 3. The SMILES string of the molecule is COc1ccccc1CN(CC1CCCO1)C(=O)C1CCN(S(=O)(=O)c2ccc(C#N)cc2)CC1. The predicted molar refractivity (Wildman–Crippen MR) is 130 cm³/mol. The summed E-state index contributed by atoms with van der Waals surface area (Å²) in [5.41, 5.74) is 1.34. The van der Waals surface area contributed by atoms with Crippen LogP contribution in [0.1, 0.15) is 36.8 Å². The van der Waals surface area contributed by atoms with E-state index >= 15 is 0 Å². The summed E-state index contributed by atoms with van der Waals surface area (Å²) in [4.78, 5) is 15.6. The number of para-hydroxylation sites is 1. The van der Waals surface area contributed by atoms with Crippen LogP contribution in [0.2, 0.25) is 0 Å². The molecule has 35 heavy (non-hydrogen) atoms. The molecule has 1 amide bonds. The Balaban J connectivity index is 1.44. The number of carbonyl (C=O) groups excluding carboxylic acids is 1. The molecule has 0 N–H and O–H groups in total. The normalized spacial score (nSPS) is 19.3. The minimum atomic E-state index is -3.67. The number of methoxy groups -OCH3 is 1. The Morgan fingerprint density at radius 2 is 1.86 bits per heavy atom. The first-order valence-electron chi connectivity index (χ1n) is 11.9. The Kier molecular flexibility index (Phi) is 8.06. The number of carbonyl (C=O) groups is 1. The van der Waals surface area contributed by atoms with Crippen molar-refractivity contribution >= 4 is 15.9 Å². The van der Waals surface area contributed by atoms with Crippen LogP contribution >= 0.6 is 0 Å². The highest BCUT2D eigenvalue weighted by Gasteiger charge is 2.35. The summed E-state index contributed by atoms with van der Waals surface area (Å²) >= 11 is 0. The number of ether oxygens (including phenoxy) is 2. The third-order valence-electron chi connectivity index (χ3n) is 6.74. The minimum Gasteiger partial charge on any atom is -0.496 e. The number of hydrogen-bond acceptors (Lipinski definition) is 6. The molecule has 2 saturated heterocycles. The van der Waals surface area contributed by atoms with E-state index in [4.69, 9.17) is 14.7 Å². The van der Waals surface area contributed by atoms with Gasteiger partial charge in [0.1, 0.15) is 5.75 Å². The van der Waals surface area contributed by atoms with Crippen molar-refractivity contribution in [3.63, 3.8) is 0 Å². The second kappa shape index (κ2) is 11.2. The highest BCUT2D eigenvalue weighted by atomic mass is 32.2. The van der Waals surface area contributed by atoms with Crippen molar-refractivity contribution in [1.82, 2.24) is 9.21 Å². The molecular weight excluding hydrogens is 466 g/mol. The first kappa shape index (κ1) is 25.2. The molecule has 0 aromatic heterocycles. The lowest BCUT2D eigenvalue weighted by Gasteiger charge is -2.34. The molecule has 2 heterocycles. The average molecular weight is 498 g/mol. The van der Waals surface area contributed by atoms with Crippen molar-refractivity contribution in [3.05, 3.63) is 59.7 Å². The fourth-order valence-corrected chi connectivity index (χ4v) is 6.23. The molecule has 186 valence electrons. The van der Waals surface area contributed by atoms with Gasteiger partial charge in [-0.2, -0.15) is 9.57 Å². The highest BCUT2D eigenvalue weighted by molar-refractivity contribution is 7.89. The Morgan fingerprint density at radius 3 is 2.49 bits per heavy atom. The van der Waals surface area contributed by atoms with E-state index in [0.717, 1.165) is 24.2 Å². The molecule has 2 fully saturated rings. The van der Waals surface area contributed by atoms with Crippen molar-refractivity contribution in [2.45, 2.75) is 43.2 Å². The van der Waals surface area contributed by atoms with E-state index in [-0.39, 0.29) is 35.9 Å². The molecular formula is C26H31N3O5S. The molecule has 0 radical (unpaired) electrons. The molecule has 0 bridgehead atoms. The highest BCUT2D eigenvalue weighted by Crippen LogP contribution is 2.28. The number of nitriles is 1. The van der Waals surface area contributed by atoms with E-state index in [9.17, 15) is 13.2 Å². The van der Waals surface area contributed by atoms with Crippen molar-refractivity contribution in [2.24, 2.45) is 5.92 Å². The quantitative estimate of drug-likeness (QED) is 0.555. The average Bonchev–Trinajstić information content (AvgIpc) is 3.41. The van der Waals surface area contributed by atoms with Crippen LogP contribution in [0.4, 0.5) is 0 Å². The standard InChI is InChI=1S/C26H31N3O5S/c1-33-25-7-3-2-5-22(25)18-28(19-23-6-4-16-34-23)26(30)21-12-14-29(15-13-21)35(31,32)24-10-8-20(17-27)9-11-24/h2-3,5,7-11,21,23H,4,6,12-16,18-19H2,1H3. The zero-order valence-electron chi connectivity index (χ0n) is 19.9. The van der Waals surface area contributed by atoms with Gasteiger partial charge in [-0.25, -0.2) is 8.42 Å². The first-order valence-corrected chi connectivity index (χ1v) is 13.4. The maximum absolute atomic E-state index is 13.6. The number of amides is 1. The Labute approximate surface area is 207 Å². The Hall–Kier alpha value is -2.93. The number of hydrogen-bond donors (Lipinski definition) is 0. The minimum absolute atomic E-state index is 0.0190. The molecule has 2 aromatic carbocycles. The van der Waals surface area contributed by atoms with Crippen LogP contribution in [0, 0.1) is 17.2 Å². The van der Waals surface area contributed by atoms with E-state index < -0.39 is 10.0 Å². The van der Waals surface area contributed by atoms with Gasteiger partial charge in [0.2, 0.25) is 15.9 Å². The third kappa shape index (κ3) is 5.84. The van der Waals surface area contributed by atoms with Crippen LogP contribution in [-0.4, -0.2) is 63.0 Å². The summed E-state index contributed by atoms with van der Waals surface area (Å²) in [7, 11) is -2.05. The van der Waals surface area contributed by atoms with Crippen LogP contribution in [0.15, 0.2) is 53.4 Å². The van der Waals surface area contributed by atoms with E-state index in [1.54, 1.807) is 7.11 Å². The van der Waals surface area contributed by atoms with Crippen molar-refractivity contribution < 1.29 is 22.7 Å². The molecule has 0 spiro atoms. The fourth-order valence-electron chi connectivity index (χ4n) is 4.76. The molecule has 2 aliphatic heterocycles. The molecule has 0 saturated carbocycles. The summed E-state index contributed by atoms with van der Waals surface area (Å²) in [6, 6.07) is 15.6. The fraction of sp³-hybridized carbons (Fsp3) is 0.462. The number of piperidine rings is 1. The second-order valence-corrected chi connectivity index (χ2v) is 10.9. The largest absolute Gasteiger partial charge is 0.496 e. The smallest absolute Gasteiger partial charge is 0.243 e. The summed E-state index contributed by atoms with van der Waals surface area (Å²) in [6.45, 7) is 2.21. The van der Waals surface area contributed by atoms with E-state index in [0.29, 0.717) is 38.1 Å². The molecule has 1 unspecified atom stereocenters. The van der Waals surface area contributed by atoms with Crippen molar-refractivity contribution in [3.8, 4) is 11.8 Å². The summed E-state index contributed by atoms with van der Waals surface area (Å²) in [5, 5.41) is 8.96. The molecule has 1 atom stereocenters. The molecule has 0 aliphatic carbocycles. The van der Waals surface area contributed by atoms with Gasteiger partial charge in [0.15, 0.2) is 0 Å². The molecule has 4 rings (SSSR count). The van der Waals surface area contributed by atoms with Gasteiger partial charge >= 0.3 is 0 Å². The van der Waals surface area contributed by atoms with E-state index in [1.165, 1.54) is 28.6 Å². The maximum atomic E-state index is 13.6. The lowest BCUT2D eigenvalue weighted by atomic mass is 9.96. The number of sulfonamides is 1. The zero-order chi connectivity index (χ0) is 24.8. The molecule has 2 aliphatic rings. The second-order valence-electron chi connectivity index (χ2n) is 8.98. The summed E-state index contributed by atoms with van der Waals surface area (Å²) in [6.07, 6.45) is 2.86. The van der Waals surface area contributed by atoms with Crippen molar-refractivity contribution in [1.29, 1.82) is 5.26 Å². The lowest BCUT2D eigenvalue weighted by Crippen LogP contribution is -2.46. The van der Waals surface area contributed by atoms with Gasteiger partial charge < -0.3 is 14.4 Å². The monoisotopic (exact) mass is 497 g/mol. The Bertz CT molecular complexity index is 1160. The number of benzene rings is 2. The molecule has 9 heteroatoms. The molecule has 8 nitrogen and oxygen atoms in total. The van der Waals surface area contributed by atoms with Crippen LogP contribution in [0.3, 0.4) is 0 Å². The van der Waals surface area contributed by atoms with E-state index in [1.807, 2.05) is 35.2 Å².